The van der Waals surface area contributed by atoms with E-state index in [2.05, 4.69) is 20.5 Å². The molecule has 2 N–H and O–H groups in total. The van der Waals surface area contributed by atoms with Crippen LogP contribution in [0.5, 0.6) is 23.0 Å². The Balaban J connectivity index is 1.23. The second kappa shape index (κ2) is 12.7. The highest BCUT2D eigenvalue weighted by atomic mass is 16.5. The number of anilines is 1. The first-order valence-corrected chi connectivity index (χ1v) is 13.6. The van der Waals surface area contributed by atoms with Crippen molar-refractivity contribution in [3.8, 4) is 23.0 Å². The van der Waals surface area contributed by atoms with Crippen LogP contribution in [-0.2, 0) is 4.79 Å². The van der Waals surface area contributed by atoms with E-state index in [1.165, 1.54) is 0 Å². The maximum atomic E-state index is 12.6. The van der Waals surface area contributed by atoms with Crippen molar-refractivity contribution < 1.29 is 14.3 Å². The standard InChI is InChI=1S/C31H36N6O3/c1-36(2)20-8-13-28(38)37(3)23-16-14-22(15-17-23)33-31-29-27(18-19-32-30(29)34-35-31)40-26-12-7-11-25(21-26)39-24-9-5-4-6-10-24/h4-13,18-19,21-23H,14-17,20H2,1-3H3,(H2,32,33,34,35)/b13-8+/t22-,23+. The fourth-order valence-corrected chi connectivity index (χ4v) is 4.93. The average Bonchev–Trinajstić information content (AvgIpc) is 3.37. The highest BCUT2D eigenvalue weighted by Crippen LogP contribution is 2.36. The number of amides is 1. The van der Waals surface area contributed by atoms with Crippen molar-refractivity contribution in [1.29, 1.82) is 0 Å². The van der Waals surface area contributed by atoms with Crippen molar-refractivity contribution >= 4 is 22.8 Å². The van der Waals surface area contributed by atoms with Crippen molar-refractivity contribution in [1.82, 2.24) is 25.0 Å². The smallest absolute Gasteiger partial charge is 0.246 e. The van der Waals surface area contributed by atoms with Gasteiger partial charge in [-0.25, -0.2) is 4.98 Å². The molecule has 0 bridgehead atoms. The summed E-state index contributed by atoms with van der Waals surface area (Å²) in [6, 6.07) is 19.5. The average molecular weight is 541 g/mol. The first kappa shape index (κ1) is 27.2. The SMILES string of the molecule is CN(C)C/C=C/C(=O)N(C)[C@H]1CC[C@@H](Nc2n[nH]c3nccc(Oc4cccc(Oc5ccccc5)c4)c23)CC1. The quantitative estimate of drug-likeness (QED) is 0.244. The summed E-state index contributed by atoms with van der Waals surface area (Å²) in [6.07, 6.45) is 9.03. The number of aromatic nitrogens is 3. The summed E-state index contributed by atoms with van der Waals surface area (Å²) >= 11 is 0. The zero-order chi connectivity index (χ0) is 27.9. The number of likely N-dealkylation sites (N-methyl/N-ethyl adjacent to an activating group) is 2. The fourth-order valence-electron chi connectivity index (χ4n) is 4.93. The Bertz CT molecular complexity index is 1440. The first-order valence-electron chi connectivity index (χ1n) is 13.6. The minimum Gasteiger partial charge on any atom is -0.457 e. The van der Waals surface area contributed by atoms with Gasteiger partial charge in [0, 0.05) is 50.1 Å². The van der Waals surface area contributed by atoms with Crippen LogP contribution >= 0.6 is 0 Å². The number of carbonyl (C=O) groups is 1. The molecule has 1 fully saturated rings. The van der Waals surface area contributed by atoms with E-state index < -0.39 is 0 Å². The van der Waals surface area contributed by atoms with Crippen LogP contribution in [0, 0.1) is 0 Å². The van der Waals surface area contributed by atoms with Crippen LogP contribution in [0.25, 0.3) is 11.0 Å². The van der Waals surface area contributed by atoms with Crippen molar-refractivity contribution in [2.45, 2.75) is 37.8 Å². The number of pyridine rings is 1. The molecule has 0 aliphatic heterocycles. The normalized spacial score (nSPS) is 17.3. The van der Waals surface area contributed by atoms with Crippen molar-refractivity contribution in [3.63, 3.8) is 0 Å². The van der Waals surface area contributed by atoms with E-state index in [1.807, 2.05) is 97.7 Å². The lowest BCUT2D eigenvalue weighted by Gasteiger charge is -2.34. The zero-order valence-corrected chi connectivity index (χ0v) is 23.2. The number of nitrogens with zero attached hydrogens (tertiary/aromatic N) is 4. The molecular formula is C31H36N6O3. The molecule has 1 aliphatic carbocycles. The van der Waals surface area contributed by atoms with Gasteiger partial charge in [-0.2, -0.15) is 5.10 Å². The van der Waals surface area contributed by atoms with E-state index in [0.717, 1.165) is 43.4 Å². The molecule has 0 atom stereocenters. The number of hydrogen-bond donors (Lipinski definition) is 2. The van der Waals surface area contributed by atoms with Crippen LogP contribution in [0.1, 0.15) is 25.7 Å². The molecule has 2 heterocycles. The number of H-pyrrole nitrogens is 1. The van der Waals surface area contributed by atoms with Gasteiger partial charge in [-0.3, -0.25) is 9.89 Å². The number of ether oxygens (including phenoxy) is 2. The molecule has 208 valence electrons. The molecule has 0 saturated heterocycles. The van der Waals surface area contributed by atoms with Gasteiger partial charge in [0.25, 0.3) is 0 Å². The lowest BCUT2D eigenvalue weighted by molar-refractivity contribution is -0.127. The molecule has 2 aromatic carbocycles. The monoisotopic (exact) mass is 540 g/mol. The third kappa shape index (κ3) is 6.79. The number of carbonyl (C=O) groups excluding carboxylic acids is 1. The van der Waals surface area contributed by atoms with Crippen LogP contribution in [0.3, 0.4) is 0 Å². The van der Waals surface area contributed by atoms with Gasteiger partial charge in [-0.15, -0.1) is 0 Å². The lowest BCUT2D eigenvalue weighted by Crippen LogP contribution is -2.41. The van der Waals surface area contributed by atoms with Gasteiger partial charge >= 0.3 is 0 Å². The molecule has 2 aromatic heterocycles. The molecule has 0 spiro atoms. The van der Waals surface area contributed by atoms with Crippen molar-refractivity contribution in [3.05, 3.63) is 79.0 Å². The Morgan fingerprint density at radius 3 is 2.45 bits per heavy atom. The van der Waals surface area contributed by atoms with Gasteiger partial charge in [0.1, 0.15) is 28.4 Å². The third-order valence-corrected chi connectivity index (χ3v) is 7.10. The second-order valence-electron chi connectivity index (χ2n) is 10.4. The van der Waals surface area contributed by atoms with Crippen LogP contribution in [-0.4, -0.2) is 70.7 Å². The van der Waals surface area contributed by atoms with E-state index in [4.69, 9.17) is 9.47 Å². The minimum absolute atomic E-state index is 0.0580. The Hall–Kier alpha value is -4.37. The number of rotatable bonds is 10. The largest absolute Gasteiger partial charge is 0.457 e. The summed E-state index contributed by atoms with van der Waals surface area (Å²) in [5, 5.41) is 11.9. The van der Waals surface area contributed by atoms with E-state index in [9.17, 15) is 4.79 Å². The summed E-state index contributed by atoms with van der Waals surface area (Å²) in [7, 11) is 5.87. The van der Waals surface area contributed by atoms with E-state index in [1.54, 1.807) is 12.3 Å². The molecule has 1 saturated carbocycles. The molecule has 40 heavy (non-hydrogen) atoms. The second-order valence-corrected chi connectivity index (χ2v) is 10.4. The predicted octanol–water partition coefficient (Wildman–Crippen LogP) is 5.84. The van der Waals surface area contributed by atoms with Gasteiger partial charge < -0.3 is 24.6 Å². The highest BCUT2D eigenvalue weighted by Gasteiger charge is 2.27. The van der Waals surface area contributed by atoms with Gasteiger partial charge in [-0.1, -0.05) is 30.3 Å². The van der Waals surface area contributed by atoms with E-state index in [-0.39, 0.29) is 18.0 Å². The summed E-state index contributed by atoms with van der Waals surface area (Å²) in [6.45, 7) is 0.751. The number of aromatic amines is 1. The maximum absolute atomic E-state index is 12.6. The first-order chi connectivity index (χ1) is 19.5. The molecule has 0 unspecified atom stereocenters. The molecule has 1 aliphatic rings. The maximum Gasteiger partial charge on any atom is 0.246 e. The molecule has 0 radical (unpaired) electrons. The van der Waals surface area contributed by atoms with Crippen LogP contribution in [0.15, 0.2) is 79.0 Å². The summed E-state index contributed by atoms with van der Waals surface area (Å²) in [5.41, 5.74) is 0.653. The number of hydrogen-bond acceptors (Lipinski definition) is 7. The van der Waals surface area contributed by atoms with Gasteiger partial charge in [-0.05, 0) is 64.0 Å². The summed E-state index contributed by atoms with van der Waals surface area (Å²) in [4.78, 5) is 20.9. The van der Waals surface area contributed by atoms with Crippen LogP contribution < -0.4 is 14.8 Å². The Labute approximate surface area is 234 Å². The summed E-state index contributed by atoms with van der Waals surface area (Å²) in [5.74, 6) is 3.53. The topological polar surface area (TPSA) is 95.6 Å². The molecular weight excluding hydrogens is 504 g/mol. The molecule has 4 aromatic rings. The van der Waals surface area contributed by atoms with Crippen molar-refractivity contribution in [2.75, 3.05) is 33.0 Å². The molecule has 1 amide bonds. The minimum atomic E-state index is 0.0580. The number of nitrogens with one attached hydrogen (secondary N) is 2. The van der Waals surface area contributed by atoms with Gasteiger partial charge in [0.05, 0.1) is 0 Å². The number of para-hydroxylation sites is 1. The Morgan fingerprint density at radius 2 is 1.70 bits per heavy atom. The Morgan fingerprint density at radius 1 is 0.975 bits per heavy atom. The van der Waals surface area contributed by atoms with Gasteiger partial charge in [0.2, 0.25) is 5.91 Å². The number of fused-ring (bicyclic) bond motifs is 1. The van der Waals surface area contributed by atoms with E-state index >= 15 is 0 Å². The lowest BCUT2D eigenvalue weighted by atomic mass is 9.90. The predicted molar refractivity (Wildman–Crippen MR) is 157 cm³/mol. The Kier molecular flexibility index (Phi) is 8.61. The molecule has 9 nitrogen and oxygen atoms in total. The molecule has 9 heteroatoms. The molecule has 5 rings (SSSR count). The number of benzene rings is 2. The highest BCUT2D eigenvalue weighted by molar-refractivity contribution is 5.93. The summed E-state index contributed by atoms with van der Waals surface area (Å²) < 4.78 is 12.3. The van der Waals surface area contributed by atoms with Gasteiger partial charge in [0.15, 0.2) is 11.5 Å². The van der Waals surface area contributed by atoms with Crippen LogP contribution in [0.4, 0.5) is 5.82 Å². The van der Waals surface area contributed by atoms with E-state index in [0.29, 0.717) is 28.7 Å². The zero-order valence-electron chi connectivity index (χ0n) is 23.2. The van der Waals surface area contributed by atoms with Crippen molar-refractivity contribution in [2.24, 2.45) is 0 Å². The fraction of sp³-hybridized carbons (Fsp3) is 0.323. The van der Waals surface area contributed by atoms with Crippen LogP contribution in [0.2, 0.25) is 0 Å². The third-order valence-electron chi connectivity index (χ3n) is 7.10.